The van der Waals surface area contributed by atoms with Crippen LogP contribution < -0.4 is 10.6 Å². The van der Waals surface area contributed by atoms with Crippen molar-refractivity contribution < 1.29 is 19.1 Å². The number of aryl methyl sites for hydroxylation is 1. The lowest BCUT2D eigenvalue weighted by Gasteiger charge is -2.36. The van der Waals surface area contributed by atoms with Crippen molar-refractivity contribution in [3.8, 4) is 0 Å². The van der Waals surface area contributed by atoms with Gasteiger partial charge in [-0.15, -0.1) is 0 Å². The van der Waals surface area contributed by atoms with Gasteiger partial charge in [-0.05, 0) is 50.7 Å². The summed E-state index contributed by atoms with van der Waals surface area (Å²) in [7, 11) is 1.58. The molecular weight excluding hydrogens is 394 g/mol. The summed E-state index contributed by atoms with van der Waals surface area (Å²) in [5.74, 6) is -0.0225. The topological polar surface area (TPSA) is 87.7 Å². The van der Waals surface area contributed by atoms with E-state index in [1.54, 1.807) is 19.2 Å². The number of carbonyl (C=O) groups is 3. The zero-order valence-corrected chi connectivity index (χ0v) is 18.7. The normalized spacial score (nSPS) is 18.6. The molecule has 1 aliphatic heterocycles. The second kappa shape index (κ2) is 11.3. The molecule has 2 N–H and O–H groups in total. The van der Waals surface area contributed by atoms with Crippen molar-refractivity contribution in [3.63, 3.8) is 0 Å². The Bertz CT molecular complexity index is 751. The number of rotatable bonds is 8. The van der Waals surface area contributed by atoms with Crippen LogP contribution in [0.2, 0.25) is 0 Å². The highest BCUT2D eigenvalue weighted by Crippen LogP contribution is 2.29. The third-order valence-electron chi connectivity index (χ3n) is 6.52. The van der Waals surface area contributed by atoms with Gasteiger partial charge in [0.15, 0.2) is 0 Å². The Balaban J connectivity index is 1.63. The fourth-order valence-corrected chi connectivity index (χ4v) is 4.60. The van der Waals surface area contributed by atoms with Gasteiger partial charge in [-0.1, -0.05) is 30.5 Å². The van der Waals surface area contributed by atoms with Gasteiger partial charge in [-0.2, -0.15) is 0 Å². The lowest BCUT2D eigenvalue weighted by Crippen LogP contribution is -2.54. The van der Waals surface area contributed by atoms with Gasteiger partial charge in [0.05, 0.1) is 6.61 Å². The van der Waals surface area contributed by atoms with E-state index in [9.17, 15) is 14.4 Å². The smallest absolute Gasteiger partial charge is 0.251 e. The molecule has 1 saturated carbocycles. The summed E-state index contributed by atoms with van der Waals surface area (Å²) in [6.07, 6.45) is 5.68. The highest BCUT2D eigenvalue weighted by molar-refractivity contribution is 5.97. The second-order valence-corrected chi connectivity index (χ2v) is 8.75. The number of ether oxygens (including phenoxy) is 1. The molecule has 1 aromatic carbocycles. The molecule has 31 heavy (non-hydrogen) atoms. The van der Waals surface area contributed by atoms with Crippen LogP contribution in [-0.2, 0) is 14.3 Å². The number of amides is 3. The largest absolute Gasteiger partial charge is 0.383 e. The lowest BCUT2D eigenvalue weighted by atomic mass is 9.87. The third-order valence-corrected chi connectivity index (χ3v) is 6.52. The molecule has 0 bridgehead atoms. The van der Waals surface area contributed by atoms with Crippen LogP contribution in [0.1, 0.15) is 54.4 Å². The molecule has 2 aliphatic rings. The fourth-order valence-electron chi connectivity index (χ4n) is 4.60. The average Bonchev–Trinajstić information content (AvgIpc) is 3.32. The van der Waals surface area contributed by atoms with Gasteiger partial charge >= 0.3 is 0 Å². The van der Waals surface area contributed by atoms with E-state index in [4.69, 9.17) is 4.74 Å². The second-order valence-electron chi connectivity index (χ2n) is 8.75. The molecule has 0 spiro atoms. The van der Waals surface area contributed by atoms with Crippen molar-refractivity contribution in [3.05, 3.63) is 35.4 Å². The van der Waals surface area contributed by atoms with Crippen molar-refractivity contribution in [1.29, 1.82) is 0 Å². The minimum Gasteiger partial charge on any atom is -0.383 e. The summed E-state index contributed by atoms with van der Waals surface area (Å²) < 4.78 is 5.02. The minimum absolute atomic E-state index is 0.00966. The van der Waals surface area contributed by atoms with E-state index in [1.807, 2.05) is 24.0 Å². The first kappa shape index (κ1) is 23.3. The molecule has 1 atom stereocenters. The summed E-state index contributed by atoms with van der Waals surface area (Å²) in [5.41, 5.74) is 1.61. The quantitative estimate of drug-likeness (QED) is 0.621. The summed E-state index contributed by atoms with van der Waals surface area (Å²) in [6, 6.07) is 6.68. The molecule has 1 heterocycles. The predicted molar refractivity (Wildman–Crippen MR) is 119 cm³/mol. The van der Waals surface area contributed by atoms with Crippen LogP contribution in [0.25, 0.3) is 0 Å². The molecule has 0 unspecified atom stereocenters. The van der Waals surface area contributed by atoms with E-state index in [0.29, 0.717) is 44.6 Å². The van der Waals surface area contributed by atoms with Crippen molar-refractivity contribution in [2.45, 2.75) is 51.5 Å². The number of hydrogen-bond donors (Lipinski definition) is 2. The Hall–Kier alpha value is -2.41. The molecule has 7 heteroatoms. The molecule has 3 amide bonds. The molecule has 170 valence electrons. The van der Waals surface area contributed by atoms with Crippen LogP contribution >= 0.6 is 0 Å². The maximum absolute atomic E-state index is 12.9. The van der Waals surface area contributed by atoms with Crippen LogP contribution in [0.4, 0.5) is 0 Å². The number of carbonyl (C=O) groups excluding carboxylic acids is 3. The Labute approximate surface area is 184 Å². The fraction of sp³-hybridized carbons (Fsp3) is 0.625. The maximum Gasteiger partial charge on any atom is 0.251 e. The van der Waals surface area contributed by atoms with E-state index in [1.165, 1.54) is 0 Å². The monoisotopic (exact) mass is 429 g/mol. The summed E-state index contributed by atoms with van der Waals surface area (Å²) >= 11 is 0. The van der Waals surface area contributed by atoms with Gasteiger partial charge in [0.2, 0.25) is 11.8 Å². The van der Waals surface area contributed by atoms with E-state index in [0.717, 1.165) is 31.2 Å². The number of methoxy groups -OCH3 is 1. The minimum atomic E-state index is -0.630. The number of hydrogen-bond acceptors (Lipinski definition) is 4. The standard InChI is InChI=1S/C24H35N3O4/c1-17-7-9-19(10-8-17)22(28)26-21(23(29)25-13-16-31-2)18-11-14-27(15-12-18)24(30)20-5-3-4-6-20/h7-10,18,20-21H,3-6,11-16H2,1-2H3,(H,25,29)(H,26,28)/t21-/m0/s1. The third kappa shape index (κ3) is 6.29. The first-order valence-electron chi connectivity index (χ1n) is 11.4. The van der Waals surface area contributed by atoms with Crippen LogP contribution in [0.5, 0.6) is 0 Å². The van der Waals surface area contributed by atoms with Crippen molar-refractivity contribution in [2.75, 3.05) is 33.4 Å². The molecule has 1 saturated heterocycles. The van der Waals surface area contributed by atoms with Gasteiger partial charge < -0.3 is 20.3 Å². The van der Waals surface area contributed by atoms with Crippen LogP contribution in [0, 0.1) is 18.8 Å². The molecule has 2 fully saturated rings. The van der Waals surface area contributed by atoms with Gasteiger partial charge in [-0.3, -0.25) is 14.4 Å². The Morgan fingerprint density at radius 3 is 2.32 bits per heavy atom. The number of likely N-dealkylation sites (tertiary alicyclic amines) is 1. The number of nitrogens with one attached hydrogen (secondary N) is 2. The predicted octanol–water partition coefficient (Wildman–Crippen LogP) is 2.28. The summed E-state index contributed by atoms with van der Waals surface area (Å²) in [6.45, 7) is 4.06. The molecule has 3 rings (SSSR count). The first-order valence-corrected chi connectivity index (χ1v) is 11.4. The lowest BCUT2D eigenvalue weighted by molar-refractivity contribution is -0.137. The molecule has 0 radical (unpaired) electrons. The van der Waals surface area contributed by atoms with Crippen LogP contribution in [0.3, 0.4) is 0 Å². The molecule has 7 nitrogen and oxygen atoms in total. The average molecular weight is 430 g/mol. The number of piperidine rings is 1. The zero-order valence-electron chi connectivity index (χ0n) is 18.7. The van der Waals surface area contributed by atoms with Crippen molar-refractivity contribution in [1.82, 2.24) is 15.5 Å². The molecule has 1 aliphatic carbocycles. The van der Waals surface area contributed by atoms with Gasteiger partial charge in [-0.25, -0.2) is 0 Å². The van der Waals surface area contributed by atoms with E-state index < -0.39 is 6.04 Å². The van der Waals surface area contributed by atoms with Gasteiger partial charge in [0, 0.05) is 38.2 Å². The summed E-state index contributed by atoms with van der Waals surface area (Å²) in [4.78, 5) is 40.4. The van der Waals surface area contributed by atoms with Gasteiger partial charge in [0.1, 0.15) is 6.04 Å². The molecule has 1 aromatic rings. The van der Waals surface area contributed by atoms with Crippen molar-refractivity contribution >= 4 is 17.7 Å². The highest BCUT2D eigenvalue weighted by atomic mass is 16.5. The molecular formula is C24H35N3O4. The van der Waals surface area contributed by atoms with E-state index in [2.05, 4.69) is 10.6 Å². The number of nitrogens with zero attached hydrogens (tertiary/aromatic N) is 1. The van der Waals surface area contributed by atoms with E-state index in [-0.39, 0.29) is 29.6 Å². The van der Waals surface area contributed by atoms with Crippen molar-refractivity contribution in [2.24, 2.45) is 11.8 Å². The zero-order chi connectivity index (χ0) is 22.2. The van der Waals surface area contributed by atoms with Crippen LogP contribution in [-0.4, -0.2) is 62.0 Å². The summed E-state index contributed by atoms with van der Waals surface area (Å²) in [5, 5.41) is 5.82. The van der Waals surface area contributed by atoms with Crippen LogP contribution in [0.15, 0.2) is 24.3 Å². The first-order chi connectivity index (χ1) is 15.0. The Morgan fingerprint density at radius 2 is 1.71 bits per heavy atom. The highest BCUT2D eigenvalue weighted by Gasteiger charge is 2.35. The SMILES string of the molecule is COCCNC(=O)[C@@H](NC(=O)c1ccc(C)cc1)C1CCN(C(=O)C2CCCC2)CC1. The molecule has 0 aromatic heterocycles. The Kier molecular flexibility index (Phi) is 8.46. The van der Waals surface area contributed by atoms with E-state index >= 15 is 0 Å². The van der Waals surface area contributed by atoms with Gasteiger partial charge in [0.25, 0.3) is 5.91 Å². The number of benzene rings is 1. The Morgan fingerprint density at radius 1 is 1.06 bits per heavy atom. The maximum atomic E-state index is 12.9.